The molecule has 0 aliphatic carbocycles. The highest BCUT2D eigenvalue weighted by molar-refractivity contribution is 5.75. The maximum atomic E-state index is 10.4. The molecule has 0 aliphatic rings. The van der Waals surface area contributed by atoms with Crippen LogP contribution >= 0.6 is 0 Å². The number of nitriles is 1. The van der Waals surface area contributed by atoms with E-state index < -0.39 is 0 Å². The van der Waals surface area contributed by atoms with Crippen molar-refractivity contribution in [1.29, 1.82) is 5.26 Å². The van der Waals surface area contributed by atoms with Gasteiger partial charge in [-0.1, -0.05) is 6.92 Å². The van der Waals surface area contributed by atoms with Crippen molar-refractivity contribution in [3.8, 4) is 6.07 Å². The Morgan fingerprint density at radius 2 is 2.50 bits per heavy atom. The van der Waals surface area contributed by atoms with Crippen LogP contribution in [0.5, 0.6) is 0 Å². The molecule has 12 heavy (non-hydrogen) atoms. The zero-order chi connectivity index (χ0) is 8.97. The van der Waals surface area contributed by atoms with Crippen LogP contribution in [0.3, 0.4) is 0 Å². The van der Waals surface area contributed by atoms with Gasteiger partial charge in [0.2, 0.25) is 0 Å². The van der Waals surface area contributed by atoms with E-state index in [0.29, 0.717) is 11.3 Å². The SMILES string of the molecule is CCCn1cc(C=O)cc1C#N. The van der Waals surface area contributed by atoms with Gasteiger partial charge in [-0.05, 0) is 12.5 Å². The van der Waals surface area contributed by atoms with Crippen LogP contribution in [0, 0.1) is 11.3 Å². The Hall–Kier alpha value is -1.56. The van der Waals surface area contributed by atoms with Gasteiger partial charge in [-0.3, -0.25) is 4.79 Å². The quantitative estimate of drug-likeness (QED) is 0.633. The summed E-state index contributed by atoms with van der Waals surface area (Å²) in [7, 11) is 0. The van der Waals surface area contributed by atoms with Crippen molar-refractivity contribution < 1.29 is 4.79 Å². The first-order valence-electron chi connectivity index (χ1n) is 3.87. The fourth-order valence-electron chi connectivity index (χ4n) is 1.11. The van der Waals surface area contributed by atoms with E-state index in [2.05, 4.69) is 0 Å². The molecule has 1 rings (SSSR count). The summed E-state index contributed by atoms with van der Waals surface area (Å²) in [6.45, 7) is 2.82. The smallest absolute Gasteiger partial charge is 0.151 e. The fourth-order valence-corrected chi connectivity index (χ4v) is 1.11. The van der Waals surface area contributed by atoms with E-state index in [1.54, 1.807) is 16.8 Å². The maximum absolute atomic E-state index is 10.4. The maximum Gasteiger partial charge on any atom is 0.151 e. The van der Waals surface area contributed by atoms with Crippen LogP contribution < -0.4 is 0 Å². The van der Waals surface area contributed by atoms with Crippen molar-refractivity contribution in [2.75, 3.05) is 0 Å². The van der Waals surface area contributed by atoms with Crippen LogP contribution in [0.25, 0.3) is 0 Å². The monoisotopic (exact) mass is 162 g/mol. The predicted octanol–water partition coefficient (Wildman–Crippen LogP) is 1.58. The van der Waals surface area contributed by atoms with Crippen molar-refractivity contribution in [2.45, 2.75) is 19.9 Å². The lowest BCUT2D eigenvalue weighted by molar-refractivity contribution is 0.112. The van der Waals surface area contributed by atoms with Crippen LogP contribution in [-0.4, -0.2) is 10.9 Å². The molecule has 0 amide bonds. The molecule has 1 heterocycles. The molecule has 0 saturated carbocycles. The molecule has 1 aromatic heterocycles. The molecule has 0 bridgehead atoms. The zero-order valence-electron chi connectivity index (χ0n) is 6.95. The molecule has 0 unspecified atom stereocenters. The van der Waals surface area contributed by atoms with Gasteiger partial charge in [0.15, 0.2) is 6.29 Å². The highest BCUT2D eigenvalue weighted by Gasteiger charge is 2.02. The van der Waals surface area contributed by atoms with E-state index in [1.807, 2.05) is 13.0 Å². The lowest BCUT2D eigenvalue weighted by Crippen LogP contribution is -1.96. The molecular formula is C9H10N2O. The van der Waals surface area contributed by atoms with Gasteiger partial charge in [0.25, 0.3) is 0 Å². The summed E-state index contributed by atoms with van der Waals surface area (Å²) in [4.78, 5) is 10.4. The summed E-state index contributed by atoms with van der Waals surface area (Å²) in [6, 6.07) is 3.64. The van der Waals surface area contributed by atoms with Crippen LogP contribution in [0.4, 0.5) is 0 Å². The second-order valence-corrected chi connectivity index (χ2v) is 2.58. The molecule has 0 spiro atoms. The van der Waals surface area contributed by atoms with Crippen molar-refractivity contribution >= 4 is 6.29 Å². The molecule has 0 aliphatic heterocycles. The number of aryl methyl sites for hydroxylation is 1. The minimum Gasteiger partial charge on any atom is -0.339 e. The second-order valence-electron chi connectivity index (χ2n) is 2.58. The van der Waals surface area contributed by atoms with Gasteiger partial charge in [0.1, 0.15) is 11.8 Å². The molecule has 0 radical (unpaired) electrons. The Morgan fingerprint density at radius 3 is 3.00 bits per heavy atom. The highest BCUT2D eigenvalue weighted by Crippen LogP contribution is 2.06. The standard InChI is InChI=1S/C9H10N2O/c1-2-3-11-6-8(7-12)4-9(11)5-10/h4,6-7H,2-3H2,1H3. The Kier molecular flexibility index (Phi) is 2.65. The summed E-state index contributed by atoms with van der Waals surface area (Å²) in [5.74, 6) is 0. The predicted molar refractivity (Wildman–Crippen MR) is 44.8 cm³/mol. The van der Waals surface area contributed by atoms with E-state index in [-0.39, 0.29) is 0 Å². The Morgan fingerprint density at radius 1 is 1.75 bits per heavy atom. The first-order valence-corrected chi connectivity index (χ1v) is 3.87. The Balaban J connectivity index is 3.01. The van der Waals surface area contributed by atoms with Crippen molar-refractivity contribution in [3.05, 3.63) is 23.5 Å². The lowest BCUT2D eigenvalue weighted by Gasteiger charge is -1.99. The lowest BCUT2D eigenvalue weighted by atomic mass is 10.3. The first-order chi connectivity index (χ1) is 5.81. The topological polar surface area (TPSA) is 45.8 Å². The number of hydrogen-bond donors (Lipinski definition) is 0. The minimum absolute atomic E-state index is 0.555. The van der Waals surface area contributed by atoms with Gasteiger partial charge >= 0.3 is 0 Å². The number of carbonyl (C=O) groups excluding carboxylic acids is 1. The van der Waals surface area contributed by atoms with Gasteiger partial charge < -0.3 is 4.57 Å². The highest BCUT2D eigenvalue weighted by atomic mass is 16.1. The molecular weight excluding hydrogens is 152 g/mol. The van der Waals surface area contributed by atoms with Crippen molar-refractivity contribution in [3.63, 3.8) is 0 Å². The summed E-state index contributed by atoms with van der Waals surface area (Å²) in [6.07, 6.45) is 3.42. The van der Waals surface area contributed by atoms with Crippen molar-refractivity contribution in [1.82, 2.24) is 4.57 Å². The summed E-state index contributed by atoms with van der Waals surface area (Å²) in [5.41, 5.74) is 1.12. The molecule has 0 atom stereocenters. The van der Waals surface area contributed by atoms with Crippen LogP contribution in [-0.2, 0) is 6.54 Å². The Bertz CT molecular complexity index is 320. The number of hydrogen-bond acceptors (Lipinski definition) is 2. The van der Waals surface area contributed by atoms with Crippen molar-refractivity contribution in [2.24, 2.45) is 0 Å². The normalized spacial score (nSPS) is 9.33. The molecule has 62 valence electrons. The van der Waals surface area contributed by atoms with E-state index in [4.69, 9.17) is 5.26 Å². The van der Waals surface area contributed by atoms with Gasteiger partial charge in [0.05, 0.1) is 0 Å². The number of aromatic nitrogens is 1. The zero-order valence-corrected chi connectivity index (χ0v) is 6.95. The number of carbonyl (C=O) groups is 1. The van der Waals surface area contributed by atoms with Crippen LogP contribution in [0.1, 0.15) is 29.4 Å². The van der Waals surface area contributed by atoms with E-state index >= 15 is 0 Å². The van der Waals surface area contributed by atoms with Gasteiger partial charge in [-0.15, -0.1) is 0 Å². The summed E-state index contributed by atoms with van der Waals surface area (Å²) in [5, 5.41) is 8.67. The minimum atomic E-state index is 0.555. The number of aldehydes is 1. The van der Waals surface area contributed by atoms with Crippen LogP contribution in [0.2, 0.25) is 0 Å². The third-order valence-electron chi connectivity index (χ3n) is 1.63. The Labute approximate surface area is 71.2 Å². The molecule has 0 fully saturated rings. The molecule has 3 nitrogen and oxygen atoms in total. The summed E-state index contributed by atoms with van der Waals surface area (Å²) >= 11 is 0. The average Bonchev–Trinajstić information content (AvgIpc) is 2.48. The molecule has 0 N–H and O–H groups in total. The third kappa shape index (κ3) is 1.54. The molecule has 3 heteroatoms. The second kappa shape index (κ2) is 3.72. The molecule has 1 aromatic rings. The van der Waals surface area contributed by atoms with Gasteiger partial charge in [-0.25, -0.2) is 0 Å². The summed E-state index contributed by atoms with van der Waals surface area (Å²) < 4.78 is 1.80. The fraction of sp³-hybridized carbons (Fsp3) is 0.333. The number of rotatable bonds is 3. The third-order valence-corrected chi connectivity index (χ3v) is 1.63. The van der Waals surface area contributed by atoms with Crippen LogP contribution in [0.15, 0.2) is 12.3 Å². The van der Waals surface area contributed by atoms with E-state index in [0.717, 1.165) is 19.3 Å². The first kappa shape index (κ1) is 8.54. The average molecular weight is 162 g/mol. The van der Waals surface area contributed by atoms with E-state index in [9.17, 15) is 4.79 Å². The molecule has 0 saturated heterocycles. The van der Waals surface area contributed by atoms with E-state index in [1.165, 1.54) is 0 Å². The largest absolute Gasteiger partial charge is 0.339 e. The van der Waals surface area contributed by atoms with Gasteiger partial charge in [0, 0.05) is 18.3 Å². The van der Waals surface area contributed by atoms with Gasteiger partial charge in [-0.2, -0.15) is 5.26 Å². The molecule has 0 aromatic carbocycles. The number of nitrogens with zero attached hydrogens (tertiary/aromatic N) is 2.